The standard InChI is InChI=1S/C15H21N3O2/c1-3-5-8-12(4-2)11-20-15(19)18-16-13-9-6-7-10-14(13)17-18/h6-7,9-10,12H,3-5,8,11H2,1-2H3. The fraction of sp³-hybridized carbons (Fsp3) is 0.533. The summed E-state index contributed by atoms with van der Waals surface area (Å²) < 4.78 is 5.31. The van der Waals surface area contributed by atoms with Gasteiger partial charge >= 0.3 is 6.09 Å². The molecule has 0 N–H and O–H groups in total. The van der Waals surface area contributed by atoms with Gasteiger partial charge in [-0.05, 0) is 24.5 Å². The van der Waals surface area contributed by atoms with Crippen LogP contribution in [0.1, 0.15) is 39.5 Å². The molecule has 0 aliphatic heterocycles. The molecule has 1 heterocycles. The zero-order valence-electron chi connectivity index (χ0n) is 12.1. The van der Waals surface area contributed by atoms with Crippen molar-refractivity contribution in [2.45, 2.75) is 39.5 Å². The molecular formula is C15H21N3O2. The minimum Gasteiger partial charge on any atom is -0.447 e. The van der Waals surface area contributed by atoms with Gasteiger partial charge < -0.3 is 4.74 Å². The van der Waals surface area contributed by atoms with Gasteiger partial charge in [0.2, 0.25) is 0 Å². The zero-order chi connectivity index (χ0) is 14.4. The number of fused-ring (bicyclic) bond motifs is 1. The third-order valence-electron chi connectivity index (χ3n) is 3.44. The van der Waals surface area contributed by atoms with E-state index in [2.05, 4.69) is 24.0 Å². The quantitative estimate of drug-likeness (QED) is 0.807. The first-order valence-corrected chi connectivity index (χ1v) is 7.23. The lowest BCUT2D eigenvalue weighted by molar-refractivity contribution is 0.118. The van der Waals surface area contributed by atoms with Gasteiger partial charge in [-0.3, -0.25) is 0 Å². The molecule has 2 aromatic rings. The minimum absolute atomic E-state index is 0.420. The summed E-state index contributed by atoms with van der Waals surface area (Å²) in [6.45, 7) is 4.72. The van der Waals surface area contributed by atoms with Crippen LogP contribution in [0.2, 0.25) is 0 Å². The number of aromatic nitrogens is 3. The molecule has 5 nitrogen and oxygen atoms in total. The van der Waals surface area contributed by atoms with Crippen LogP contribution < -0.4 is 0 Å². The van der Waals surface area contributed by atoms with Crippen LogP contribution >= 0.6 is 0 Å². The van der Waals surface area contributed by atoms with E-state index in [4.69, 9.17) is 4.74 Å². The number of nitrogens with zero attached hydrogens (tertiary/aromatic N) is 3. The molecule has 0 saturated carbocycles. The number of carbonyl (C=O) groups is 1. The Balaban J connectivity index is 1.94. The van der Waals surface area contributed by atoms with Crippen LogP contribution in [-0.4, -0.2) is 27.7 Å². The fourth-order valence-electron chi connectivity index (χ4n) is 2.09. The Morgan fingerprint density at radius 2 is 1.90 bits per heavy atom. The average Bonchev–Trinajstić information content (AvgIpc) is 2.91. The average molecular weight is 275 g/mol. The van der Waals surface area contributed by atoms with E-state index in [1.165, 1.54) is 6.42 Å². The Hall–Kier alpha value is -1.91. The summed E-state index contributed by atoms with van der Waals surface area (Å²) in [5, 5.41) is 8.22. The lowest BCUT2D eigenvalue weighted by atomic mass is 10.0. The van der Waals surface area contributed by atoms with Gasteiger partial charge in [-0.1, -0.05) is 50.0 Å². The molecule has 0 fully saturated rings. The Morgan fingerprint density at radius 1 is 1.25 bits per heavy atom. The van der Waals surface area contributed by atoms with Crippen molar-refractivity contribution in [2.75, 3.05) is 6.61 Å². The molecule has 0 amide bonds. The highest BCUT2D eigenvalue weighted by Gasteiger charge is 2.14. The van der Waals surface area contributed by atoms with Crippen molar-refractivity contribution in [1.82, 2.24) is 15.0 Å². The van der Waals surface area contributed by atoms with Crippen LogP contribution in [0.25, 0.3) is 11.0 Å². The Labute approximate surface area is 118 Å². The second-order valence-electron chi connectivity index (χ2n) is 4.97. The first-order chi connectivity index (χ1) is 9.74. The number of hydrogen-bond donors (Lipinski definition) is 0. The second-order valence-corrected chi connectivity index (χ2v) is 4.97. The predicted octanol–water partition coefficient (Wildman–Crippen LogP) is 3.63. The third-order valence-corrected chi connectivity index (χ3v) is 3.44. The molecule has 0 spiro atoms. The molecule has 108 valence electrons. The summed E-state index contributed by atoms with van der Waals surface area (Å²) >= 11 is 0. The van der Waals surface area contributed by atoms with Crippen LogP contribution in [0.15, 0.2) is 24.3 Å². The van der Waals surface area contributed by atoms with Gasteiger partial charge in [0, 0.05) is 0 Å². The molecule has 20 heavy (non-hydrogen) atoms. The summed E-state index contributed by atoms with van der Waals surface area (Å²) in [5.41, 5.74) is 1.39. The minimum atomic E-state index is -0.504. The van der Waals surface area contributed by atoms with E-state index in [1.54, 1.807) is 0 Å². The van der Waals surface area contributed by atoms with E-state index >= 15 is 0 Å². The van der Waals surface area contributed by atoms with Crippen molar-refractivity contribution < 1.29 is 9.53 Å². The largest absolute Gasteiger partial charge is 0.452 e. The topological polar surface area (TPSA) is 57.0 Å². The number of rotatable bonds is 6. The van der Waals surface area contributed by atoms with E-state index in [0.29, 0.717) is 23.6 Å². The van der Waals surface area contributed by atoms with Gasteiger partial charge in [-0.2, -0.15) is 0 Å². The monoisotopic (exact) mass is 275 g/mol. The molecule has 0 aliphatic rings. The summed E-state index contributed by atoms with van der Waals surface area (Å²) in [7, 11) is 0. The highest BCUT2D eigenvalue weighted by molar-refractivity contribution is 5.77. The first-order valence-electron chi connectivity index (χ1n) is 7.23. The maximum Gasteiger partial charge on any atom is 0.452 e. The van der Waals surface area contributed by atoms with E-state index < -0.39 is 6.09 Å². The van der Waals surface area contributed by atoms with Crippen molar-refractivity contribution in [1.29, 1.82) is 0 Å². The number of hydrogen-bond acceptors (Lipinski definition) is 4. The molecule has 0 bridgehead atoms. The van der Waals surface area contributed by atoms with Crippen molar-refractivity contribution in [3.8, 4) is 0 Å². The van der Waals surface area contributed by atoms with E-state index in [0.717, 1.165) is 24.1 Å². The lowest BCUT2D eigenvalue weighted by Gasteiger charge is -2.13. The van der Waals surface area contributed by atoms with Gasteiger partial charge in [-0.15, -0.1) is 10.2 Å². The predicted molar refractivity (Wildman–Crippen MR) is 77.6 cm³/mol. The summed E-state index contributed by atoms with van der Waals surface area (Å²) in [5.74, 6) is 0.420. The molecule has 1 unspecified atom stereocenters. The maximum absolute atomic E-state index is 11.9. The van der Waals surface area contributed by atoms with Crippen LogP contribution in [0.3, 0.4) is 0 Å². The molecule has 1 atom stereocenters. The molecular weight excluding hydrogens is 254 g/mol. The molecule has 0 saturated heterocycles. The van der Waals surface area contributed by atoms with Crippen molar-refractivity contribution in [3.05, 3.63) is 24.3 Å². The van der Waals surface area contributed by atoms with Crippen LogP contribution in [0.4, 0.5) is 4.79 Å². The second kappa shape index (κ2) is 7.03. The van der Waals surface area contributed by atoms with Crippen molar-refractivity contribution in [3.63, 3.8) is 0 Å². The number of unbranched alkanes of at least 4 members (excludes halogenated alkanes) is 1. The first kappa shape index (κ1) is 14.5. The van der Waals surface area contributed by atoms with Gasteiger partial charge in [0.1, 0.15) is 11.0 Å². The number of benzene rings is 1. The fourth-order valence-corrected chi connectivity index (χ4v) is 2.09. The van der Waals surface area contributed by atoms with Gasteiger partial charge in [0.15, 0.2) is 0 Å². The molecule has 5 heteroatoms. The normalized spacial score (nSPS) is 12.5. The van der Waals surface area contributed by atoms with Gasteiger partial charge in [0.05, 0.1) is 6.61 Å². The Kier molecular flexibility index (Phi) is 5.09. The Morgan fingerprint density at radius 3 is 2.45 bits per heavy atom. The van der Waals surface area contributed by atoms with Crippen LogP contribution in [0.5, 0.6) is 0 Å². The molecule has 1 aromatic carbocycles. The summed E-state index contributed by atoms with van der Waals surface area (Å²) in [4.78, 5) is 13.0. The van der Waals surface area contributed by atoms with E-state index in [1.807, 2.05) is 24.3 Å². The SMILES string of the molecule is CCCCC(CC)COC(=O)n1nc2ccccc2n1. The van der Waals surface area contributed by atoms with E-state index in [9.17, 15) is 4.79 Å². The van der Waals surface area contributed by atoms with Gasteiger partial charge in [-0.25, -0.2) is 4.79 Å². The molecule has 2 rings (SSSR count). The molecule has 0 radical (unpaired) electrons. The van der Waals surface area contributed by atoms with Crippen molar-refractivity contribution in [2.24, 2.45) is 5.92 Å². The third kappa shape index (κ3) is 3.56. The zero-order valence-corrected chi connectivity index (χ0v) is 12.1. The van der Waals surface area contributed by atoms with Crippen LogP contribution in [-0.2, 0) is 4.74 Å². The number of carbonyl (C=O) groups excluding carboxylic acids is 1. The van der Waals surface area contributed by atoms with E-state index in [-0.39, 0.29) is 0 Å². The highest BCUT2D eigenvalue weighted by atomic mass is 16.6. The summed E-state index contributed by atoms with van der Waals surface area (Å²) in [6.07, 6.45) is 3.93. The lowest BCUT2D eigenvalue weighted by Crippen LogP contribution is -2.20. The van der Waals surface area contributed by atoms with Crippen molar-refractivity contribution >= 4 is 17.1 Å². The summed E-state index contributed by atoms with van der Waals surface area (Å²) in [6, 6.07) is 7.37. The Bertz CT molecular complexity index is 532. The maximum atomic E-state index is 11.9. The van der Waals surface area contributed by atoms with Gasteiger partial charge in [0.25, 0.3) is 0 Å². The number of ether oxygens (including phenoxy) is 1. The smallest absolute Gasteiger partial charge is 0.447 e. The molecule has 1 aromatic heterocycles. The van der Waals surface area contributed by atoms with Crippen LogP contribution in [0, 0.1) is 5.92 Å². The molecule has 0 aliphatic carbocycles. The highest BCUT2D eigenvalue weighted by Crippen LogP contribution is 2.13.